The number of nitrogens with zero attached hydrogens (tertiary/aromatic N) is 4. The molecule has 0 unspecified atom stereocenters. The number of hydrogen-bond acceptors (Lipinski definition) is 16. The highest BCUT2D eigenvalue weighted by atomic mass is 32.2. The molecule has 22 nitrogen and oxygen atoms in total. The number of amidine groups is 2. The molecule has 6 aromatic rings. The van der Waals surface area contributed by atoms with Gasteiger partial charge in [0.2, 0.25) is 20.0 Å². The number of ether oxygens (including phenoxy) is 2. The highest BCUT2D eigenvalue weighted by Crippen LogP contribution is 2.31. The number of carbonyl (C=O) groups excluding carboxylic acids is 2. The minimum Gasteiger partial charge on any atom is -0.497 e. The fourth-order valence-electron chi connectivity index (χ4n) is 8.95. The molecule has 30 heteroatoms. The Bertz CT molecular complexity index is 3810. The molecule has 0 aliphatic carbocycles. The number of aliphatic imine (C=N–C) groups is 2. The van der Waals surface area contributed by atoms with Gasteiger partial charge in [0, 0.05) is 38.3 Å². The second-order valence-electron chi connectivity index (χ2n) is 22.3. The van der Waals surface area contributed by atoms with Gasteiger partial charge in [-0.25, -0.2) is 26.4 Å². The number of rotatable bonds is 19. The van der Waals surface area contributed by atoms with E-state index in [-0.39, 0.29) is 45.8 Å². The molecule has 6 N–H and O–H groups in total. The van der Waals surface area contributed by atoms with Gasteiger partial charge in [-0.1, -0.05) is 48.5 Å². The third-order valence-electron chi connectivity index (χ3n) is 13.5. The van der Waals surface area contributed by atoms with Crippen molar-refractivity contribution in [3.63, 3.8) is 0 Å². The van der Waals surface area contributed by atoms with Crippen LogP contribution in [0.15, 0.2) is 126 Å². The molecule has 0 radical (unpaired) electrons. The van der Waals surface area contributed by atoms with E-state index in [1.54, 1.807) is 78.3 Å². The predicted molar refractivity (Wildman–Crippen MR) is 324 cm³/mol. The second kappa shape index (κ2) is 29.9. The number of nitrogens with one attached hydrogen (secondary N) is 4. The summed E-state index contributed by atoms with van der Waals surface area (Å²) < 4.78 is 141. The number of carbonyl (C=O) groups is 4. The van der Waals surface area contributed by atoms with Gasteiger partial charge in [0.25, 0.3) is 11.8 Å². The number of carboxylic acids is 2. The van der Waals surface area contributed by atoms with Crippen LogP contribution in [0, 0.1) is 27.7 Å². The van der Waals surface area contributed by atoms with Crippen molar-refractivity contribution < 1.29 is 90.9 Å². The molecule has 0 saturated heterocycles. The maximum absolute atomic E-state index is 13.3. The summed E-state index contributed by atoms with van der Waals surface area (Å²) in [6.45, 7) is 17.6. The Morgan fingerprint density at radius 3 is 1.22 bits per heavy atom. The molecule has 0 bridgehead atoms. The Hall–Kier alpha value is -8.74. The normalized spacial score (nSPS) is 14.2. The maximum atomic E-state index is 13.3. The Morgan fingerprint density at radius 2 is 0.912 bits per heavy atom. The van der Waals surface area contributed by atoms with Gasteiger partial charge in [-0.3, -0.25) is 19.6 Å². The minimum atomic E-state index is -5.08. The summed E-state index contributed by atoms with van der Waals surface area (Å²) in [7, 11) is -1.52. The standard InChI is InChI=1S/C29H36N4O5S.C28H34N4O5S.2C2HF3O2/c1-19-13-24(37-6)14-20(2)26(19)39(35,36)33(5)16-25-15-23(17-38-25)28(34)30-12-11-21-7-9-22(10-8-21)27-31-18-29(3,4)32-27;1-18-11-23(36-6)12-19(2)25(18)38(34,35)32(5)15-24-13-22(16-37-24)27(33)29-14-20-7-9-21(10-8-20)26-30-17-28(3,4)31-26;2*3-2(4,5)1(6)7/h7-10,13-15,17H,11-12,16,18H2,1-6H3,(H,30,34)(H,31,32);7-13,16H,14-15,17H2,1-6H3,(H,29,33)(H,30,31);2*(H,6,7). The molecule has 2 aliphatic heterocycles. The third kappa shape index (κ3) is 20.4. The Morgan fingerprint density at radius 1 is 0.582 bits per heavy atom. The number of halogens is 6. The van der Waals surface area contributed by atoms with Crippen LogP contribution in [0.5, 0.6) is 11.5 Å². The Balaban J connectivity index is 0.000000273. The summed E-state index contributed by atoms with van der Waals surface area (Å²) in [6, 6.07) is 25.9. The van der Waals surface area contributed by atoms with Crippen molar-refractivity contribution in [2.75, 3.05) is 47.9 Å². The van der Waals surface area contributed by atoms with E-state index >= 15 is 0 Å². The van der Waals surface area contributed by atoms with E-state index in [0.29, 0.717) is 75.9 Å². The quantitative estimate of drug-likeness (QED) is 0.0413. The van der Waals surface area contributed by atoms with Crippen LogP contribution in [0.3, 0.4) is 0 Å². The van der Waals surface area contributed by atoms with E-state index in [2.05, 4.69) is 58.9 Å². The smallest absolute Gasteiger partial charge is 0.490 e. The average molecular weight is 1320 g/mol. The number of hydrogen-bond donors (Lipinski definition) is 6. The van der Waals surface area contributed by atoms with Gasteiger partial charge < -0.3 is 49.8 Å². The van der Waals surface area contributed by atoms with E-state index in [0.717, 1.165) is 47.0 Å². The summed E-state index contributed by atoms with van der Waals surface area (Å²) in [4.78, 5) is 52.7. The zero-order chi connectivity index (χ0) is 68.2. The van der Waals surface area contributed by atoms with Crippen molar-refractivity contribution in [1.82, 2.24) is 29.9 Å². The van der Waals surface area contributed by atoms with Crippen molar-refractivity contribution in [2.24, 2.45) is 9.98 Å². The number of sulfonamides is 2. The second-order valence-corrected chi connectivity index (χ2v) is 26.3. The zero-order valence-electron chi connectivity index (χ0n) is 51.9. The summed E-state index contributed by atoms with van der Waals surface area (Å²) in [5.41, 5.74) is 7.08. The average Bonchev–Trinajstić information content (AvgIpc) is 1.50. The SMILES string of the molecule is COc1cc(C)c(S(=O)(=O)N(C)Cc2cc(C(=O)NCCc3ccc(C4=NCC(C)(C)N4)cc3)co2)c(C)c1.COc1cc(C)c(S(=O)(=O)N(C)Cc2cc(C(=O)NCc3ccc(C4=NCC(C)(C)N4)cc3)co2)c(C)c1.O=C(O)C(F)(F)F.O=C(O)C(F)(F)F. The first kappa shape index (κ1) is 73.0. The van der Waals surface area contributed by atoms with Crippen LogP contribution in [0.25, 0.3) is 0 Å². The molecule has 2 aliphatic rings. The number of amides is 2. The molecule has 494 valence electrons. The van der Waals surface area contributed by atoms with E-state index in [4.69, 9.17) is 38.1 Å². The molecule has 91 heavy (non-hydrogen) atoms. The molecule has 0 fully saturated rings. The van der Waals surface area contributed by atoms with Crippen molar-refractivity contribution in [2.45, 2.75) is 115 Å². The zero-order valence-corrected chi connectivity index (χ0v) is 53.5. The van der Waals surface area contributed by atoms with Crippen LogP contribution in [0.4, 0.5) is 26.3 Å². The number of methoxy groups -OCH3 is 2. The maximum Gasteiger partial charge on any atom is 0.490 e. The van der Waals surface area contributed by atoms with Gasteiger partial charge in [0.1, 0.15) is 47.2 Å². The summed E-state index contributed by atoms with van der Waals surface area (Å²) in [6.07, 6.45) is -6.81. The summed E-state index contributed by atoms with van der Waals surface area (Å²) in [5.74, 6) is -2.38. The third-order valence-corrected chi connectivity index (χ3v) is 17.8. The minimum absolute atomic E-state index is 0.00972. The lowest BCUT2D eigenvalue weighted by molar-refractivity contribution is -0.193. The number of aliphatic carboxylic acids is 2. The fourth-order valence-corrected chi connectivity index (χ4v) is 12.0. The lowest BCUT2D eigenvalue weighted by Gasteiger charge is -2.19. The van der Waals surface area contributed by atoms with Crippen LogP contribution in [-0.4, -0.2) is 142 Å². The number of aryl methyl sites for hydroxylation is 4. The van der Waals surface area contributed by atoms with Gasteiger partial charge in [-0.05, 0) is 132 Å². The van der Waals surface area contributed by atoms with Crippen LogP contribution in [-0.2, 0) is 55.7 Å². The van der Waals surface area contributed by atoms with E-state index in [1.807, 2.05) is 48.5 Å². The first-order chi connectivity index (χ1) is 42.2. The molecule has 4 heterocycles. The lowest BCUT2D eigenvalue weighted by Crippen LogP contribution is -2.39. The first-order valence-corrected chi connectivity index (χ1v) is 30.4. The summed E-state index contributed by atoms with van der Waals surface area (Å²) >= 11 is 0. The molecule has 0 atom stereocenters. The molecule has 0 saturated carbocycles. The van der Waals surface area contributed by atoms with E-state index in [9.17, 15) is 52.8 Å². The van der Waals surface area contributed by atoms with Crippen molar-refractivity contribution in [3.05, 3.63) is 165 Å². The van der Waals surface area contributed by atoms with Gasteiger partial charge in [0.15, 0.2) is 0 Å². The van der Waals surface area contributed by atoms with E-state index < -0.39 is 44.3 Å². The molecule has 8 rings (SSSR count). The lowest BCUT2D eigenvalue weighted by atomic mass is 10.1. The Labute approximate surface area is 522 Å². The number of alkyl halides is 6. The molecule has 0 spiro atoms. The topological polar surface area (TPSA) is 301 Å². The van der Waals surface area contributed by atoms with Crippen molar-refractivity contribution in [1.29, 1.82) is 0 Å². The molecular weight excluding hydrogens is 1250 g/mol. The van der Waals surface area contributed by atoms with Gasteiger partial charge in [-0.15, -0.1) is 0 Å². The van der Waals surface area contributed by atoms with Crippen molar-refractivity contribution >= 4 is 55.5 Å². The van der Waals surface area contributed by atoms with Gasteiger partial charge in [0.05, 0.1) is 72.4 Å². The number of furan rings is 2. The fraction of sp³-hybridized carbons (Fsp3) is 0.377. The van der Waals surface area contributed by atoms with E-state index in [1.165, 1.54) is 35.2 Å². The molecule has 2 aromatic heterocycles. The predicted octanol–water partition coefficient (Wildman–Crippen LogP) is 8.88. The number of benzene rings is 4. The van der Waals surface area contributed by atoms with Gasteiger partial charge >= 0.3 is 24.3 Å². The van der Waals surface area contributed by atoms with Crippen LogP contribution in [0.2, 0.25) is 0 Å². The number of carboxylic acid groups (broad SMARTS) is 2. The van der Waals surface area contributed by atoms with Crippen LogP contribution in [0.1, 0.15) is 104 Å². The Kier molecular flexibility index (Phi) is 24.0. The summed E-state index contributed by atoms with van der Waals surface area (Å²) in [5, 5.41) is 26.9. The van der Waals surface area contributed by atoms with Crippen LogP contribution < -0.4 is 30.7 Å². The monoisotopic (exact) mass is 1320 g/mol. The van der Waals surface area contributed by atoms with Gasteiger partial charge in [-0.2, -0.15) is 35.0 Å². The molecular formula is C61H72F6N8O14S2. The highest BCUT2D eigenvalue weighted by molar-refractivity contribution is 7.89. The molecule has 4 aromatic carbocycles. The molecule has 2 amide bonds. The first-order valence-electron chi connectivity index (χ1n) is 27.6. The largest absolute Gasteiger partial charge is 0.497 e. The van der Waals surface area contributed by atoms with Crippen molar-refractivity contribution in [3.8, 4) is 11.5 Å². The highest BCUT2D eigenvalue weighted by Gasteiger charge is 2.39. The van der Waals surface area contributed by atoms with Crippen LogP contribution >= 0.6 is 0 Å².